The van der Waals surface area contributed by atoms with Gasteiger partial charge in [0.05, 0.1) is 7.11 Å². The van der Waals surface area contributed by atoms with Gasteiger partial charge < -0.3 is 9.47 Å². The van der Waals surface area contributed by atoms with Crippen LogP contribution in [0.4, 0.5) is 0 Å². The predicted octanol–water partition coefficient (Wildman–Crippen LogP) is 6.40. The number of methoxy groups -OCH3 is 1. The Kier molecular flexibility index (Phi) is 5.62. The third-order valence-electron chi connectivity index (χ3n) is 5.89. The Morgan fingerprint density at radius 3 is 2.52 bits per heavy atom. The minimum atomic E-state index is 0.594. The fourth-order valence-electron chi connectivity index (χ4n) is 4.41. The van der Waals surface area contributed by atoms with Crippen molar-refractivity contribution < 1.29 is 9.47 Å². The van der Waals surface area contributed by atoms with Gasteiger partial charge in [0.25, 0.3) is 0 Å². The van der Waals surface area contributed by atoms with Gasteiger partial charge in [-0.25, -0.2) is 0 Å². The van der Waals surface area contributed by atoms with E-state index in [1.165, 1.54) is 36.8 Å². The van der Waals surface area contributed by atoms with Gasteiger partial charge in [-0.15, -0.1) is 0 Å². The van der Waals surface area contributed by atoms with Crippen LogP contribution in [0.1, 0.15) is 49.1 Å². The molecule has 0 amide bonds. The number of allylic oxidation sites excluding steroid dienone is 3. The van der Waals surface area contributed by atoms with Crippen molar-refractivity contribution in [1.82, 2.24) is 0 Å². The van der Waals surface area contributed by atoms with Crippen LogP contribution in [-0.2, 0) is 11.3 Å². The van der Waals surface area contributed by atoms with E-state index in [1.54, 1.807) is 12.7 Å². The van der Waals surface area contributed by atoms with Gasteiger partial charge in [-0.3, -0.25) is 0 Å². The zero-order valence-electron chi connectivity index (χ0n) is 16.1. The van der Waals surface area contributed by atoms with Crippen molar-refractivity contribution >= 4 is 0 Å². The first-order valence-corrected chi connectivity index (χ1v) is 10.0. The summed E-state index contributed by atoms with van der Waals surface area (Å²) in [5.74, 6) is 3.17. The Morgan fingerprint density at radius 1 is 0.926 bits per heavy atom. The first kappa shape index (κ1) is 17.9. The maximum atomic E-state index is 6.10. The van der Waals surface area contributed by atoms with Gasteiger partial charge in [0, 0.05) is 0 Å². The molecule has 0 radical (unpaired) electrons. The lowest BCUT2D eigenvalue weighted by Gasteiger charge is -2.30. The van der Waals surface area contributed by atoms with Gasteiger partial charge in [-0.05, 0) is 72.9 Å². The van der Waals surface area contributed by atoms with E-state index in [9.17, 15) is 0 Å². The minimum Gasteiger partial charge on any atom is -0.497 e. The zero-order chi connectivity index (χ0) is 18.5. The summed E-state index contributed by atoms with van der Waals surface area (Å²) in [7, 11) is 1.73. The van der Waals surface area contributed by atoms with E-state index in [1.807, 2.05) is 6.07 Å². The van der Waals surface area contributed by atoms with Gasteiger partial charge in [-0.2, -0.15) is 0 Å². The molecule has 1 fully saturated rings. The average molecular weight is 360 g/mol. The van der Waals surface area contributed by atoms with Crippen LogP contribution in [0, 0.1) is 5.92 Å². The molecule has 0 aromatic heterocycles. The van der Waals surface area contributed by atoms with E-state index >= 15 is 0 Å². The Hall–Kier alpha value is -2.48. The Bertz CT molecular complexity index is 802. The van der Waals surface area contributed by atoms with Gasteiger partial charge in [-0.1, -0.05) is 54.5 Å². The van der Waals surface area contributed by atoms with Crippen molar-refractivity contribution in [3.05, 3.63) is 89.2 Å². The lowest BCUT2D eigenvalue weighted by Crippen LogP contribution is -2.16. The summed E-state index contributed by atoms with van der Waals surface area (Å²) in [6.45, 7) is 0.642. The molecule has 0 spiro atoms. The third-order valence-corrected chi connectivity index (χ3v) is 5.89. The predicted molar refractivity (Wildman–Crippen MR) is 110 cm³/mol. The van der Waals surface area contributed by atoms with Crippen molar-refractivity contribution in [2.75, 3.05) is 7.11 Å². The van der Waals surface area contributed by atoms with Crippen molar-refractivity contribution in [2.45, 2.75) is 44.6 Å². The summed E-state index contributed by atoms with van der Waals surface area (Å²) in [4.78, 5) is 0. The molecule has 140 valence electrons. The molecule has 0 aliphatic heterocycles. The number of fused-ring (bicyclic) bond motifs is 1. The SMILES string of the molecule is COc1ccc(C2CCCCC3=CC(OCc4ccccc4)=CCC32)cc1. The molecule has 0 N–H and O–H groups in total. The Balaban J connectivity index is 1.48. The monoisotopic (exact) mass is 360 g/mol. The Labute approximate surface area is 162 Å². The van der Waals surface area contributed by atoms with Crippen LogP contribution in [0.2, 0.25) is 0 Å². The molecule has 2 unspecified atom stereocenters. The van der Waals surface area contributed by atoms with Gasteiger partial charge in [0.2, 0.25) is 0 Å². The maximum absolute atomic E-state index is 6.10. The van der Waals surface area contributed by atoms with Crippen LogP contribution in [-0.4, -0.2) is 7.11 Å². The fraction of sp³-hybridized carbons (Fsp3) is 0.360. The lowest BCUT2D eigenvalue weighted by molar-refractivity contribution is 0.206. The highest BCUT2D eigenvalue weighted by atomic mass is 16.5. The summed E-state index contributed by atoms with van der Waals surface area (Å²) < 4.78 is 11.4. The molecule has 2 aliphatic carbocycles. The highest BCUT2D eigenvalue weighted by Gasteiger charge is 2.30. The van der Waals surface area contributed by atoms with Crippen LogP contribution in [0.3, 0.4) is 0 Å². The van der Waals surface area contributed by atoms with E-state index in [0.29, 0.717) is 18.4 Å². The second-order valence-electron chi connectivity index (χ2n) is 7.57. The van der Waals surface area contributed by atoms with Crippen LogP contribution in [0.15, 0.2) is 78.1 Å². The lowest BCUT2D eigenvalue weighted by atomic mass is 9.76. The van der Waals surface area contributed by atoms with Crippen molar-refractivity contribution in [2.24, 2.45) is 5.92 Å². The highest BCUT2D eigenvalue weighted by Crippen LogP contribution is 2.44. The number of hydrogen-bond donors (Lipinski definition) is 0. The maximum Gasteiger partial charge on any atom is 0.118 e. The fourth-order valence-corrected chi connectivity index (χ4v) is 4.41. The topological polar surface area (TPSA) is 18.5 Å². The van der Waals surface area contributed by atoms with Crippen LogP contribution in [0.5, 0.6) is 5.75 Å². The van der Waals surface area contributed by atoms with Gasteiger partial charge in [0.15, 0.2) is 0 Å². The van der Waals surface area contributed by atoms with E-state index in [4.69, 9.17) is 9.47 Å². The first-order chi connectivity index (χ1) is 13.3. The zero-order valence-corrected chi connectivity index (χ0v) is 16.1. The molecule has 0 heterocycles. The van der Waals surface area contributed by atoms with Crippen LogP contribution < -0.4 is 4.74 Å². The first-order valence-electron chi connectivity index (χ1n) is 10.0. The van der Waals surface area contributed by atoms with Crippen LogP contribution >= 0.6 is 0 Å². The number of ether oxygens (including phenoxy) is 2. The minimum absolute atomic E-state index is 0.594. The molecule has 2 aromatic rings. The average Bonchev–Trinajstić information content (AvgIpc) is 2.95. The summed E-state index contributed by atoms with van der Waals surface area (Å²) in [5, 5.41) is 0. The summed E-state index contributed by atoms with van der Waals surface area (Å²) in [6, 6.07) is 19.1. The molecule has 1 saturated carbocycles. The van der Waals surface area contributed by atoms with Crippen molar-refractivity contribution in [3.63, 3.8) is 0 Å². The largest absolute Gasteiger partial charge is 0.497 e. The molecule has 2 nitrogen and oxygen atoms in total. The molecule has 2 atom stereocenters. The van der Waals surface area contributed by atoms with Crippen molar-refractivity contribution in [1.29, 1.82) is 0 Å². The number of benzene rings is 2. The molecule has 2 heteroatoms. The van der Waals surface area contributed by atoms with Gasteiger partial charge >= 0.3 is 0 Å². The summed E-state index contributed by atoms with van der Waals surface area (Å²) in [5.41, 5.74) is 4.23. The van der Waals surface area contributed by atoms with E-state index in [-0.39, 0.29) is 0 Å². The quantitative estimate of drug-likeness (QED) is 0.614. The molecule has 0 bridgehead atoms. The van der Waals surface area contributed by atoms with E-state index < -0.39 is 0 Å². The molecule has 4 rings (SSSR count). The van der Waals surface area contributed by atoms with Crippen LogP contribution in [0.25, 0.3) is 0 Å². The molecule has 2 aliphatic rings. The molecule has 0 saturated heterocycles. The van der Waals surface area contributed by atoms with E-state index in [0.717, 1.165) is 17.9 Å². The Morgan fingerprint density at radius 2 is 1.74 bits per heavy atom. The molecule has 2 aromatic carbocycles. The van der Waals surface area contributed by atoms with Crippen molar-refractivity contribution in [3.8, 4) is 5.75 Å². The molecular weight excluding hydrogens is 332 g/mol. The standard InChI is InChI=1S/C25H28O2/c1-26-22-13-11-20(12-14-22)24-10-6-5-9-21-17-23(15-16-25(21)24)27-18-19-7-3-2-4-8-19/h2-4,7-8,11-15,17,24-25H,5-6,9-10,16,18H2,1H3. The smallest absolute Gasteiger partial charge is 0.118 e. The third kappa shape index (κ3) is 4.27. The normalized spacial score (nSPS) is 22.1. The number of rotatable bonds is 5. The second-order valence-corrected chi connectivity index (χ2v) is 7.57. The summed E-state index contributed by atoms with van der Waals surface area (Å²) >= 11 is 0. The van der Waals surface area contributed by atoms with E-state index in [2.05, 4.69) is 60.7 Å². The molecule has 27 heavy (non-hydrogen) atoms. The molecular formula is C25H28O2. The summed E-state index contributed by atoms with van der Waals surface area (Å²) in [6.07, 6.45) is 10.7. The number of hydrogen-bond acceptors (Lipinski definition) is 2. The van der Waals surface area contributed by atoms with Gasteiger partial charge in [0.1, 0.15) is 18.1 Å². The highest BCUT2D eigenvalue weighted by molar-refractivity contribution is 5.35. The second kappa shape index (κ2) is 8.47.